The van der Waals surface area contributed by atoms with Gasteiger partial charge in [-0.2, -0.15) is 18.3 Å². The highest BCUT2D eigenvalue weighted by Crippen LogP contribution is 2.34. The van der Waals surface area contributed by atoms with E-state index in [9.17, 15) is 22.8 Å². The first-order valence-electron chi connectivity index (χ1n) is 12.1. The molecule has 7 nitrogen and oxygen atoms in total. The van der Waals surface area contributed by atoms with Gasteiger partial charge in [0, 0.05) is 48.2 Å². The van der Waals surface area contributed by atoms with Gasteiger partial charge in [-0.25, -0.2) is 0 Å². The molecule has 0 radical (unpaired) electrons. The molecular weight excluding hydrogens is 495 g/mol. The Balaban J connectivity index is 1.17. The van der Waals surface area contributed by atoms with E-state index in [2.05, 4.69) is 15.4 Å². The van der Waals surface area contributed by atoms with Crippen molar-refractivity contribution in [2.75, 3.05) is 18.4 Å². The second-order valence-corrected chi connectivity index (χ2v) is 9.13. The van der Waals surface area contributed by atoms with Crippen LogP contribution in [-0.4, -0.2) is 45.0 Å². The van der Waals surface area contributed by atoms with Gasteiger partial charge in [0.05, 0.1) is 5.52 Å². The molecule has 5 rings (SSSR count). The van der Waals surface area contributed by atoms with Crippen molar-refractivity contribution >= 4 is 34.5 Å². The maximum absolute atomic E-state index is 13.2. The van der Waals surface area contributed by atoms with Crippen LogP contribution < -0.4 is 5.32 Å². The minimum absolute atomic E-state index is 0.113. The predicted molar refractivity (Wildman–Crippen MR) is 137 cm³/mol. The third-order valence-corrected chi connectivity index (χ3v) is 6.63. The monoisotopic (exact) mass is 519 g/mol. The van der Waals surface area contributed by atoms with Crippen LogP contribution in [0.25, 0.3) is 17.0 Å². The summed E-state index contributed by atoms with van der Waals surface area (Å²) in [5, 5.41) is 8.43. The van der Waals surface area contributed by atoms with Gasteiger partial charge in [-0.15, -0.1) is 0 Å². The number of pyridine rings is 1. The number of aromatic amines is 1. The normalized spacial score (nSPS) is 14.8. The molecule has 2 aromatic heterocycles. The number of halogens is 3. The van der Waals surface area contributed by atoms with Gasteiger partial charge >= 0.3 is 6.18 Å². The van der Waals surface area contributed by atoms with Crippen molar-refractivity contribution in [3.63, 3.8) is 0 Å². The molecule has 0 unspecified atom stereocenters. The minimum Gasteiger partial charge on any atom is -0.339 e. The molecule has 2 N–H and O–H groups in total. The number of hydrogen-bond acceptors (Lipinski definition) is 4. The maximum atomic E-state index is 13.2. The molecule has 1 aliphatic rings. The van der Waals surface area contributed by atoms with Crippen LogP contribution >= 0.6 is 0 Å². The molecule has 3 heterocycles. The fraction of sp³-hybridized carbons (Fsp3) is 0.214. The molecule has 1 aliphatic heterocycles. The standard InChI is InChI=1S/C28H24F3N5O2/c29-28(30,31)26-23-16-21(6-9-24(23)34-35-26)27(38)36-14-11-20(12-15-36)19-4-7-22(8-5-19)33-25(37)10-3-18-2-1-13-32-17-18/h1-10,13,16-17,20H,11-12,14-15H2,(H,33,37)(H,34,35)/b10-3+. The van der Waals surface area contributed by atoms with Crippen LogP contribution in [0.2, 0.25) is 0 Å². The van der Waals surface area contributed by atoms with E-state index in [1.165, 1.54) is 24.3 Å². The molecule has 0 saturated carbocycles. The molecule has 1 saturated heterocycles. The van der Waals surface area contributed by atoms with Crippen molar-refractivity contribution < 1.29 is 22.8 Å². The highest BCUT2D eigenvalue weighted by atomic mass is 19.4. The summed E-state index contributed by atoms with van der Waals surface area (Å²) in [6, 6.07) is 15.5. The summed E-state index contributed by atoms with van der Waals surface area (Å²) in [6.45, 7) is 0.993. The highest BCUT2D eigenvalue weighted by Gasteiger charge is 2.35. The Morgan fingerprint density at radius 1 is 1.05 bits per heavy atom. The van der Waals surface area contributed by atoms with Crippen molar-refractivity contribution in [3.05, 3.63) is 95.5 Å². The quantitative estimate of drug-likeness (QED) is 0.334. The predicted octanol–water partition coefficient (Wildman–Crippen LogP) is 5.65. The number of rotatable bonds is 5. The van der Waals surface area contributed by atoms with E-state index in [0.29, 0.717) is 18.8 Å². The molecule has 38 heavy (non-hydrogen) atoms. The molecule has 4 aromatic rings. The number of nitrogens with one attached hydrogen (secondary N) is 2. The van der Waals surface area contributed by atoms with E-state index in [1.807, 2.05) is 35.4 Å². The zero-order chi connectivity index (χ0) is 26.7. The first-order valence-corrected chi connectivity index (χ1v) is 12.1. The molecular formula is C28H24F3N5O2. The number of benzene rings is 2. The van der Waals surface area contributed by atoms with Gasteiger partial charge in [0.2, 0.25) is 5.91 Å². The Morgan fingerprint density at radius 3 is 2.50 bits per heavy atom. The number of hydrogen-bond donors (Lipinski definition) is 2. The third kappa shape index (κ3) is 5.59. The van der Waals surface area contributed by atoms with Crippen molar-refractivity contribution in [3.8, 4) is 0 Å². The average molecular weight is 520 g/mol. The first-order chi connectivity index (χ1) is 18.3. The summed E-state index contributed by atoms with van der Waals surface area (Å²) >= 11 is 0. The van der Waals surface area contributed by atoms with Gasteiger partial charge in [-0.1, -0.05) is 18.2 Å². The number of fused-ring (bicyclic) bond motifs is 1. The second-order valence-electron chi connectivity index (χ2n) is 9.13. The van der Waals surface area contributed by atoms with Crippen molar-refractivity contribution in [2.45, 2.75) is 24.9 Å². The Kier molecular flexibility index (Phi) is 6.95. The van der Waals surface area contributed by atoms with Crippen LogP contribution in [-0.2, 0) is 11.0 Å². The third-order valence-electron chi connectivity index (χ3n) is 6.63. The fourth-order valence-electron chi connectivity index (χ4n) is 4.63. The zero-order valence-electron chi connectivity index (χ0n) is 20.2. The Hall–Kier alpha value is -4.47. The number of carbonyl (C=O) groups is 2. The first kappa shape index (κ1) is 25.2. The molecule has 2 aromatic carbocycles. The Labute approximate surface area is 216 Å². The average Bonchev–Trinajstić information content (AvgIpc) is 3.37. The lowest BCUT2D eigenvalue weighted by molar-refractivity contribution is -0.140. The van der Waals surface area contributed by atoms with E-state index < -0.39 is 11.9 Å². The van der Waals surface area contributed by atoms with E-state index >= 15 is 0 Å². The van der Waals surface area contributed by atoms with Crippen molar-refractivity contribution in [2.24, 2.45) is 0 Å². The number of amides is 2. The molecule has 1 fully saturated rings. The van der Waals surface area contributed by atoms with Gasteiger partial charge in [0.15, 0.2) is 0 Å². The summed E-state index contributed by atoms with van der Waals surface area (Å²) < 4.78 is 39.7. The summed E-state index contributed by atoms with van der Waals surface area (Å²) in [6.07, 6.45) is 3.35. The largest absolute Gasteiger partial charge is 0.433 e. The van der Waals surface area contributed by atoms with Crippen molar-refractivity contribution in [1.82, 2.24) is 20.1 Å². The van der Waals surface area contributed by atoms with Crippen LogP contribution in [0.5, 0.6) is 0 Å². The smallest absolute Gasteiger partial charge is 0.339 e. The van der Waals surface area contributed by atoms with Crippen LogP contribution in [0, 0.1) is 0 Å². The summed E-state index contributed by atoms with van der Waals surface area (Å²) in [5.41, 5.74) is 2.03. The Bertz CT molecular complexity index is 1470. The number of likely N-dealkylation sites (tertiary alicyclic amines) is 1. The molecule has 0 spiro atoms. The lowest BCUT2D eigenvalue weighted by Crippen LogP contribution is -2.37. The fourth-order valence-corrected chi connectivity index (χ4v) is 4.63. The topological polar surface area (TPSA) is 91.0 Å². The highest BCUT2D eigenvalue weighted by molar-refractivity contribution is 6.02. The summed E-state index contributed by atoms with van der Waals surface area (Å²) in [4.78, 5) is 30.9. The maximum Gasteiger partial charge on any atom is 0.433 e. The second kappa shape index (κ2) is 10.5. The number of piperidine rings is 1. The van der Waals surface area contributed by atoms with Crippen LogP contribution in [0.1, 0.15) is 45.9 Å². The number of nitrogens with zero attached hydrogens (tertiary/aromatic N) is 3. The molecule has 194 valence electrons. The van der Waals surface area contributed by atoms with Gasteiger partial charge in [0.25, 0.3) is 5.91 Å². The molecule has 0 aliphatic carbocycles. The van der Waals surface area contributed by atoms with Gasteiger partial charge in [0.1, 0.15) is 5.69 Å². The summed E-state index contributed by atoms with van der Waals surface area (Å²) in [5.74, 6) is -0.302. The van der Waals surface area contributed by atoms with Gasteiger partial charge in [-0.3, -0.25) is 19.7 Å². The number of alkyl halides is 3. The number of aromatic nitrogens is 3. The van der Waals surface area contributed by atoms with E-state index in [0.717, 1.165) is 24.0 Å². The number of carbonyl (C=O) groups excluding carboxylic acids is 2. The van der Waals surface area contributed by atoms with Crippen LogP contribution in [0.4, 0.5) is 18.9 Å². The molecule has 2 amide bonds. The van der Waals surface area contributed by atoms with E-state index in [1.54, 1.807) is 29.4 Å². The zero-order valence-corrected chi connectivity index (χ0v) is 20.2. The van der Waals surface area contributed by atoms with E-state index in [4.69, 9.17) is 0 Å². The van der Waals surface area contributed by atoms with E-state index in [-0.39, 0.29) is 34.2 Å². The van der Waals surface area contributed by atoms with Crippen molar-refractivity contribution in [1.29, 1.82) is 0 Å². The molecule has 10 heteroatoms. The molecule has 0 bridgehead atoms. The number of H-pyrrole nitrogens is 1. The lowest BCUT2D eigenvalue weighted by Gasteiger charge is -2.32. The van der Waals surface area contributed by atoms with Crippen LogP contribution in [0.3, 0.4) is 0 Å². The number of anilines is 1. The lowest BCUT2D eigenvalue weighted by atomic mass is 9.89. The SMILES string of the molecule is O=C(/C=C/c1cccnc1)Nc1ccc(C2CCN(C(=O)c3ccc4n[nH]c(C(F)(F)F)c4c3)CC2)cc1. The molecule has 0 atom stereocenters. The van der Waals surface area contributed by atoms with Crippen LogP contribution in [0.15, 0.2) is 73.1 Å². The van der Waals surface area contributed by atoms with Gasteiger partial charge < -0.3 is 10.2 Å². The summed E-state index contributed by atoms with van der Waals surface area (Å²) in [7, 11) is 0. The minimum atomic E-state index is -4.58. The Morgan fingerprint density at radius 2 is 1.82 bits per heavy atom. The van der Waals surface area contributed by atoms with Gasteiger partial charge in [-0.05, 0) is 72.4 Å².